The van der Waals surface area contributed by atoms with Crippen molar-refractivity contribution in [1.82, 2.24) is 0 Å². The number of benzene rings is 1. The van der Waals surface area contributed by atoms with Gasteiger partial charge in [0.25, 0.3) is 0 Å². The van der Waals surface area contributed by atoms with Crippen molar-refractivity contribution in [2.45, 2.75) is 32.6 Å². The van der Waals surface area contributed by atoms with Gasteiger partial charge >= 0.3 is 5.97 Å². The van der Waals surface area contributed by atoms with Crippen LogP contribution in [0.1, 0.15) is 38.2 Å². The SMILES string of the molecule is CCCOc1ccc(/C=C/CCCC(=O)O)cc1. The molecule has 0 radical (unpaired) electrons. The molecule has 98 valence electrons. The van der Waals surface area contributed by atoms with Crippen LogP contribution in [0.4, 0.5) is 0 Å². The Bertz CT molecular complexity index is 379. The van der Waals surface area contributed by atoms with Crippen LogP contribution in [-0.4, -0.2) is 17.7 Å². The Labute approximate surface area is 108 Å². The summed E-state index contributed by atoms with van der Waals surface area (Å²) in [5.74, 6) is 0.153. The van der Waals surface area contributed by atoms with E-state index in [0.29, 0.717) is 6.42 Å². The lowest BCUT2D eigenvalue weighted by Crippen LogP contribution is -1.94. The van der Waals surface area contributed by atoms with Crippen molar-refractivity contribution in [2.24, 2.45) is 0 Å². The van der Waals surface area contributed by atoms with E-state index in [1.165, 1.54) is 0 Å². The molecule has 0 bridgehead atoms. The lowest BCUT2D eigenvalue weighted by atomic mass is 10.1. The van der Waals surface area contributed by atoms with E-state index in [0.717, 1.165) is 30.8 Å². The van der Waals surface area contributed by atoms with E-state index in [-0.39, 0.29) is 6.42 Å². The summed E-state index contributed by atoms with van der Waals surface area (Å²) in [6, 6.07) is 7.90. The number of carboxylic acid groups (broad SMARTS) is 1. The summed E-state index contributed by atoms with van der Waals surface area (Å²) in [5, 5.41) is 8.49. The summed E-state index contributed by atoms with van der Waals surface area (Å²) in [4.78, 5) is 10.3. The van der Waals surface area contributed by atoms with E-state index in [2.05, 4.69) is 6.92 Å². The van der Waals surface area contributed by atoms with Crippen LogP contribution in [0.5, 0.6) is 5.75 Å². The van der Waals surface area contributed by atoms with Crippen molar-refractivity contribution in [3.8, 4) is 5.75 Å². The van der Waals surface area contributed by atoms with Gasteiger partial charge in [-0.25, -0.2) is 0 Å². The van der Waals surface area contributed by atoms with Crippen molar-refractivity contribution in [3.63, 3.8) is 0 Å². The van der Waals surface area contributed by atoms with Gasteiger partial charge in [-0.15, -0.1) is 0 Å². The van der Waals surface area contributed by atoms with Crippen molar-refractivity contribution in [3.05, 3.63) is 35.9 Å². The van der Waals surface area contributed by atoms with Crippen LogP contribution in [0.2, 0.25) is 0 Å². The number of hydrogen-bond donors (Lipinski definition) is 1. The van der Waals surface area contributed by atoms with Crippen molar-refractivity contribution in [1.29, 1.82) is 0 Å². The molecule has 18 heavy (non-hydrogen) atoms. The lowest BCUT2D eigenvalue weighted by Gasteiger charge is -2.03. The zero-order chi connectivity index (χ0) is 13.2. The van der Waals surface area contributed by atoms with E-state index in [4.69, 9.17) is 9.84 Å². The summed E-state index contributed by atoms with van der Waals surface area (Å²) in [6.45, 7) is 2.82. The average Bonchev–Trinajstić information content (AvgIpc) is 2.37. The van der Waals surface area contributed by atoms with Gasteiger partial charge in [0.1, 0.15) is 5.75 Å². The van der Waals surface area contributed by atoms with Crippen LogP contribution >= 0.6 is 0 Å². The maximum atomic E-state index is 10.3. The van der Waals surface area contributed by atoms with Crippen LogP contribution in [-0.2, 0) is 4.79 Å². The van der Waals surface area contributed by atoms with E-state index < -0.39 is 5.97 Å². The van der Waals surface area contributed by atoms with Gasteiger partial charge in [0.15, 0.2) is 0 Å². The van der Waals surface area contributed by atoms with Gasteiger partial charge in [0.2, 0.25) is 0 Å². The van der Waals surface area contributed by atoms with E-state index in [1.54, 1.807) is 0 Å². The minimum Gasteiger partial charge on any atom is -0.494 e. The van der Waals surface area contributed by atoms with E-state index in [9.17, 15) is 4.79 Å². The highest BCUT2D eigenvalue weighted by atomic mass is 16.5. The molecule has 0 saturated heterocycles. The van der Waals surface area contributed by atoms with Crippen LogP contribution in [0, 0.1) is 0 Å². The highest BCUT2D eigenvalue weighted by molar-refractivity contribution is 5.66. The Balaban J connectivity index is 2.33. The standard InChI is InChI=1S/C15H20O3/c1-2-12-18-14-10-8-13(9-11-14)6-4-3-5-7-15(16)17/h4,6,8-11H,2-3,5,7,12H2,1H3,(H,16,17)/b6-4+. The molecule has 1 aromatic carbocycles. The number of rotatable bonds is 8. The molecule has 0 aliphatic heterocycles. The molecule has 3 nitrogen and oxygen atoms in total. The second kappa shape index (κ2) is 8.34. The van der Waals surface area contributed by atoms with Crippen molar-refractivity contribution >= 4 is 12.0 Å². The number of aliphatic carboxylic acids is 1. The fourth-order valence-corrected chi connectivity index (χ4v) is 1.49. The van der Waals surface area contributed by atoms with Crippen LogP contribution in [0.25, 0.3) is 6.08 Å². The normalized spacial score (nSPS) is 10.7. The fourth-order valence-electron chi connectivity index (χ4n) is 1.49. The molecule has 0 aromatic heterocycles. The molecular formula is C15H20O3. The molecule has 3 heteroatoms. The molecule has 0 atom stereocenters. The highest BCUT2D eigenvalue weighted by Crippen LogP contribution is 2.13. The Morgan fingerprint density at radius 2 is 2.06 bits per heavy atom. The molecule has 0 spiro atoms. The van der Waals surface area contributed by atoms with Gasteiger partial charge < -0.3 is 9.84 Å². The van der Waals surface area contributed by atoms with Gasteiger partial charge in [-0.3, -0.25) is 4.79 Å². The zero-order valence-corrected chi connectivity index (χ0v) is 10.8. The van der Waals surface area contributed by atoms with Crippen LogP contribution in [0.15, 0.2) is 30.3 Å². The molecule has 0 aliphatic rings. The fraction of sp³-hybridized carbons (Fsp3) is 0.400. The van der Waals surface area contributed by atoms with Crippen molar-refractivity contribution in [2.75, 3.05) is 6.61 Å². The first-order chi connectivity index (χ1) is 8.72. The van der Waals surface area contributed by atoms with Gasteiger partial charge in [-0.1, -0.05) is 31.2 Å². The molecule has 0 heterocycles. The summed E-state index contributed by atoms with van der Waals surface area (Å²) in [5.41, 5.74) is 1.11. The molecular weight excluding hydrogens is 228 g/mol. The quantitative estimate of drug-likeness (QED) is 0.713. The summed E-state index contributed by atoms with van der Waals surface area (Å²) >= 11 is 0. The van der Waals surface area contributed by atoms with Gasteiger partial charge in [0.05, 0.1) is 6.61 Å². The molecule has 0 unspecified atom stereocenters. The lowest BCUT2D eigenvalue weighted by molar-refractivity contribution is -0.137. The Morgan fingerprint density at radius 1 is 1.33 bits per heavy atom. The predicted octanol–water partition coefficient (Wildman–Crippen LogP) is 3.74. The maximum Gasteiger partial charge on any atom is 0.303 e. The predicted molar refractivity (Wildman–Crippen MR) is 72.7 cm³/mol. The third-order valence-corrected chi connectivity index (χ3v) is 2.42. The summed E-state index contributed by atoms with van der Waals surface area (Å²) < 4.78 is 5.49. The van der Waals surface area contributed by atoms with Gasteiger partial charge in [-0.2, -0.15) is 0 Å². The molecule has 0 aliphatic carbocycles. The smallest absolute Gasteiger partial charge is 0.303 e. The second-order valence-electron chi connectivity index (χ2n) is 4.11. The third kappa shape index (κ3) is 6.09. The van der Waals surface area contributed by atoms with Crippen LogP contribution in [0.3, 0.4) is 0 Å². The average molecular weight is 248 g/mol. The monoisotopic (exact) mass is 248 g/mol. The minimum atomic E-state index is -0.735. The van der Waals surface area contributed by atoms with Gasteiger partial charge in [0, 0.05) is 6.42 Å². The van der Waals surface area contributed by atoms with Crippen LogP contribution < -0.4 is 4.74 Å². The Hall–Kier alpha value is -1.77. The van der Waals surface area contributed by atoms with E-state index >= 15 is 0 Å². The number of ether oxygens (including phenoxy) is 1. The number of unbranched alkanes of at least 4 members (excludes halogenated alkanes) is 1. The second-order valence-corrected chi connectivity index (χ2v) is 4.11. The number of allylic oxidation sites excluding steroid dienone is 1. The first-order valence-corrected chi connectivity index (χ1v) is 6.33. The Morgan fingerprint density at radius 3 is 2.67 bits per heavy atom. The number of carbonyl (C=O) groups is 1. The van der Waals surface area contributed by atoms with Gasteiger partial charge in [-0.05, 0) is 37.0 Å². The zero-order valence-electron chi connectivity index (χ0n) is 10.8. The summed E-state index contributed by atoms with van der Waals surface area (Å²) in [6.07, 6.45) is 6.72. The number of hydrogen-bond acceptors (Lipinski definition) is 2. The topological polar surface area (TPSA) is 46.5 Å². The van der Waals surface area contributed by atoms with Crippen molar-refractivity contribution < 1.29 is 14.6 Å². The largest absolute Gasteiger partial charge is 0.494 e. The maximum absolute atomic E-state index is 10.3. The first kappa shape index (κ1) is 14.3. The highest BCUT2D eigenvalue weighted by Gasteiger charge is 1.94. The molecule has 0 fully saturated rings. The molecule has 0 amide bonds. The molecule has 1 rings (SSSR count). The van der Waals surface area contributed by atoms with E-state index in [1.807, 2.05) is 36.4 Å². The minimum absolute atomic E-state index is 0.230. The number of carboxylic acids is 1. The molecule has 1 N–H and O–H groups in total. The third-order valence-electron chi connectivity index (χ3n) is 2.42. The molecule has 1 aromatic rings. The summed E-state index contributed by atoms with van der Waals surface area (Å²) in [7, 11) is 0. The Kier molecular flexibility index (Phi) is 6.62. The first-order valence-electron chi connectivity index (χ1n) is 6.33. The molecule has 0 saturated carbocycles.